The average molecular weight is 350 g/mol. The second-order valence-corrected chi connectivity index (χ2v) is 6.91. The summed E-state index contributed by atoms with van der Waals surface area (Å²) in [7, 11) is 0. The molecule has 138 valence electrons. The van der Waals surface area contributed by atoms with Gasteiger partial charge in [-0.3, -0.25) is 14.4 Å². The lowest BCUT2D eigenvalue weighted by Crippen LogP contribution is -2.35. The van der Waals surface area contributed by atoms with E-state index in [-0.39, 0.29) is 29.7 Å². The zero-order chi connectivity index (χ0) is 18.7. The molecule has 6 nitrogen and oxygen atoms in total. The number of esters is 3. The van der Waals surface area contributed by atoms with Gasteiger partial charge in [0.2, 0.25) is 0 Å². The molecule has 1 aliphatic carbocycles. The minimum Gasteiger partial charge on any atom is -0.462 e. The molecule has 2 aliphatic rings. The van der Waals surface area contributed by atoms with Gasteiger partial charge in [-0.25, -0.2) is 0 Å². The van der Waals surface area contributed by atoms with Gasteiger partial charge >= 0.3 is 17.9 Å². The Morgan fingerprint density at radius 1 is 1.16 bits per heavy atom. The van der Waals surface area contributed by atoms with E-state index in [1.165, 1.54) is 13.8 Å². The van der Waals surface area contributed by atoms with Crippen LogP contribution in [-0.4, -0.2) is 36.2 Å². The minimum atomic E-state index is -0.504. The van der Waals surface area contributed by atoms with Crippen LogP contribution in [0.4, 0.5) is 0 Å². The van der Waals surface area contributed by atoms with E-state index in [2.05, 4.69) is 0 Å². The van der Waals surface area contributed by atoms with Crippen LogP contribution in [0.2, 0.25) is 0 Å². The summed E-state index contributed by atoms with van der Waals surface area (Å²) in [5.41, 5.74) is 1.84. The fourth-order valence-electron chi connectivity index (χ4n) is 3.51. The summed E-state index contributed by atoms with van der Waals surface area (Å²) in [6, 6.07) is 0. The van der Waals surface area contributed by atoms with Gasteiger partial charge in [0.05, 0.1) is 11.8 Å². The molecule has 0 aromatic heterocycles. The number of hydrogen-bond donors (Lipinski definition) is 0. The van der Waals surface area contributed by atoms with Crippen molar-refractivity contribution < 1.29 is 28.6 Å². The van der Waals surface area contributed by atoms with Gasteiger partial charge in [0, 0.05) is 26.7 Å². The maximum atomic E-state index is 12.1. The Labute approximate surface area is 148 Å². The Morgan fingerprint density at radius 2 is 1.80 bits per heavy atom. The summed E-state index contributed by atoms with van der Waals surface area (Å²) in [6.45, 7) is 8.33. The quantitative estimate of drug-likeness (QED) is 0.433. The fraction of sp³-hybridized carbons (Fsp3) is 0.632. The SMILES string of the molecule is CC(=O)OC1C/C=C(/C)CC(OC(C)=O)C2C(/C=C/1C)OC(=O)C2C. The van der Waals surface area contributed by atoms with E-state index >= 15 is 0 Å². The van der Waals surface area contributed by atoms with E-state index in [0.717, 1.165) is 11.1 Å². The summed E-state index contributed by atoms with van der Waals surface area (Å²) < 4.78 is 16.4. The number of ether oxygens (including phenoxy) is 3. The zero-order valence-electron chi connectivity index (χ0n) is 15.4. The summed E-state index contributed by atoms with van der Waals surface area (Å²) in [5.74, 6) is -1.68. The minimum absolute atomic E-state index is 0.272. The average Bonchev–Trinajstić information content (AvgIpc) is 2.75. The molecule has 1 saturated heterocycles. The van der Waals surface area contributed by atoms with Crippen LogP contribution < -0.4 is 0 Å². The van der Waals surface area contributed by atoms with Crippen molar-refractivity contribution in [3.63, 3.8) is 0 Å². The van der Waals surface area contributed by atoms with E-state index in [1.807, 2.05) is 26.0 Å². The van der Waals surface area contributed by atoms with E-state index in [9.17, 15) is 14.4 Å². The monoisotopic (exact) mass is 350 g/mol. The first-order valence-corrected chi connectivity index (χ1v) is 8.58. The summed E-state index contributed by atoms with van der Waals surface area (Å²) in [4.78, 5) is 35.1. The van der Waals surface area contributed by atoms with Crippen molar-refractivity contribution >= 4 is 17.9 Å². The Hall–Kier alpha value is -2.11. The predicted molar refractivity (Wildman–Crippen MR) is 90.4 cm³/mol. The Bertz CT molecular complexity index is 617. The number of fused-ring (bicyclic) bond motifs is 1. The Balaban J connectivity index is 2.41. The van der Waals surface area contributed by atoms with Gasteiger partial charge in [-0.2, -0.15) is 0 Å². The van der Waals surface area contributed by atoms with Gasteiger partial charge in [-0.05, 0) is 25.5 Å². The highest BCUT2D eigenvalue weighted by Crippen LogP contribution is 2.37. The second-order valence-electron chi connectivity index (χ2n) is 6.91. The molecule has 0 amide bonds. The van der Waals surface area contributed by atoms with Gasteiger partial charge in [0.25, 0.3) is 0 Å². The third kappa shape index (κ3) is 4.71. The van der Waals surface area contributed by atoms with Crippen LogP contribution >= 0.6 is 0 Å². The van der Waals surface area contributed by atoms with Crippen LogP contribution in [0.15, 0.2) is 23.3 Å². The van der Waals surface area contributed by atoms with E-state index in [0.29, 0.717) is 12.8 Å². The molecule has 2 rings (SSSR count). The van der Waals surface area contributed by atoms with Crippen molar-refractivity contribution in [1.82, 2.24) is 0 Å². The molecule has 5 atom stereocenters. The lowest BCUT2D eigenvalue weighted by Gasteiger charge is -2.29. The first-order chi connectivity index (χ1) is 11.7. The molecule has 0 aromatic rings. The molecule has 0 radical (unpaired) electrons. The van der Waals surface area contributed by atoms with Gasteiger partial charge in [0.1, 0.15) is 18.3 Å². The smallest absolute Gasteiger partial charge is 0.309 e. The highest BCUT2D eigenvalue weighted by Gasteiger charge is 2.47. The van der Waals surface area contributed by atoms with Crippen molar-refractivity contribution in [3.05, 3.63) is 23.3 Å². The van der Waals surface area contributed by atoms with Crippen LogP contribution in [0.1, 0.15) is 47.5 Å². The lowest BCUT2D eigenvalue weighted by atomic mass is 9.82. The van der Waals surface area contributed by atoms with E-state index in [4.69, 9.17) is 14.2 Å². The third-order valence-electron chi connectivity index (χ3n) is 4.77. The molecule has 6 heteroatoms. The fourth-order valence-corrected chi connectivity index (χ4v) is 3.51. The van der Waals surface area contributed by atoms with Gasteiger partial charge < -0.3 is 14.2 Å². The first-order valence-electron chi connectivity index (χ1n) is 8.58. The molecule has 0 spiro atoms. The van der Waals surface area contributed by atoms with Crippen LogP contribution in [0.5, 0.6) is 0 Å². The van der Waals surface area contributed by atoms with E-state index in [1.54, 1.807) is 6.92 Å². The van der Waals surface area contributed by atoms with Crippen molar-refractivity contribution in [3.8, 4) is 0 Å². The molecule has 0 aromatic carbocycles. The number of carbonyl (C=O) groups excluding carboxylic acids is 3. The van der Waals surface area contributed by atoms with Gasteiger partial charge in [-0.1, -0.05) is 18.6 Å². The maximum Gasteiger partial charge on any atom is 0.309 e. The highest BCUT2D eigenvalue weighted by molar-refractivity contribution is 5.75. The van der Waals surface area contributed by atoms with Crippen molar-refractivity contribution in [1.29, 1.82) is 0 Å². The standard InChI is InChI=1S/C19H26O6/c1-10-6-7-15(23-13(4)20)11(2)9-17-18(12(3)19(22)25-17)16(8-10)24-14(5)21/h6,9,12,15-18H,7-8H2,1-5H3/b10-6-,11-9+. The molecule has 5 unspecified atom stereocenters. The molecule has 1 fully saturated rings. The van der Waals surface area contributed by atoms with Crippen molar-refractivity contribution in [2.45, 2.75) is 65.8 Å². The first kappa shape index (κ1) is 19.2. The molecule has 0 N–H and O–H groups in total. The molecule has 25 heavy (non-hydrogen) atoms. The van der Waals surface area contributed by atoms with Crippen LogP contribution in [0.3, 0.4) is 0 Å². The third-order valence-corrected chi connectivity index (χ3v) is 4.77. The van der Waals surface area contributed by atoms with Gasteiger partial charge in [0.15, 0.2) is 0 Å². The van der Waals surface area contributed by atoms with Crippen LogP contribution in [-0.2, 0) is 28.6 Å². The number of carbonyl (C=O) groups is 3. The van der Waals surface area contributed by atoms with E-state index < -0.39 is 18.3 Å². The summed E-state index contributed by atoms with van der Waals surface area (Å²) in [5, 5.41) is 0. The largest absolute Gasteiger partial charge is 0.462 e. The predicted octanol–water partition coefficient (Wildman–Crippen LogP) is 2.71. The molecule has 0 bridgehead atoms. The molecular weight excluding hydrogens is 324 g/mol. The second kappa shape index (κ2) is 7.85. The van der Waals surface area contributed by atoms with Gasteiger partial charge in [-0.15, -0.1) is 0 Å². The van der Waals surface area contributed by atoms with Crippen LogP contribution in [0, 0.1) is 11.8 Å². The van der Waals surface area contributed by atoms with Crippen LogP contribution in [0.25, 0.3) is 0 Å². The normalized spacial score (nSPS) is 36.8. The molecule has 0 saturated carbocycles. The summed E-state index contributed by atoms with van der Waals surface area (Å²) >= 11 is 0. The van der Waals surface area contributed by atoms with Crippen molar-refractivity contribution in [2.24, 2.45) is 11.8 Å². The molecule has 1 aliphatic heterocycles. The van der Waals surface area contributed by atoms with Crippen molar-refractivity contribution in [2.75, 3.05) is 0 Å². The Kier molecular flexibility index (Phi) is 6.03. The lowest BCUT2D eigenvalue weighted by molar-refractivity contribution is -0.150. The summed E-state index contributed by atoms with van der Waals surface area (Å²) in [6.07, 6.45) is 3.52. The zero-order valence-corrected chi connectivity index (χ0v) is 15.4. The molecule has 1 heterocycles. The highest BCUT2D eigenvalue weighted by atomic mass is 16.6. The molecular formula is C19H26O6. The maximum absolute atomic E-state index is 12.1. The Morgan fingerprint density at radius 3 is 2.40 bits per heavy atom. The number of rotatable bonds is 2. The topological polar surface area (TPSA) is 78.9 Å². The number of hydrogen-bond acceptors (Lipinski definition) is 6.